The Bertz CT molecular complexity index is 85.7. The van der Waals surface area contributed by atoms with Gasteiger partial charge in [0.05, 0.1) is 6.17 Å². The molecule has 0 bridgehead atoms. The Labute approximate surface area is 59.6 Å². The van der Waals surface area contributed by atoms with Gasteiger partial charge in [-0.15, -0.1) is 0 Å². The van der Waals surface area contributed by atoms with Crippen LogP contribution in [0.1, 0.15) is 6.42 Å². The van der Waals surface area contributed by atoms with E-state index in [1.54, 1.807) is 0 Å². The number of hydrogen-bond donors (Lipinski definition) is 6. The molecule has 0 aromatic carbocycles. The highest BCUT2D eigenvalue weighted by molar-refractivity contribution is 4.73. The van der Waals surface area contributed by atoms with Gasteiger partial charge in [0, 0.05) is 6.54 Å². The Morgan fingerprint density at radius 1 is 1.30 bits per heavy atom. The molecule has 0 aromatic heterocycles. The number of nitrogens with one attached hydrogen (secondary N) is 4. The number of nitrogens with two attached hydrogens (primary N) is 2. The summed E-state index contributed by atoms with van der Waals surface area (Å²) >= 11 is 0. The predicted octanol–water partition coefficient (Wildman–Crippen LogP) is -2.89. The first-order valence-corrected chi connectivity index (χ1v) is 3.28. The summed E-state index contributed by atoms with van der Waals surface area (Å²) in [6.45, 7) is 0.900. The first-order valence-electron chi connectivity index (χ1n) is 3.28. The van der Waals surface area contributed by atoms with E-state index < -0.39 is 0 Å². The summed E-state index contributed by atoms with van der Waals surface area (Å²) in [6, 6.07) is 0. The first-order chi connectivity index (χ1) is 4.86. The van der Waals surface area contributed by atoms with Crippen molar-refractivity contribution in [1.82, 2.24) is 21.5 Å². The summed E-state index contributed by atoms with van der Waals surface area (Å²) in [7, 11) is 0. The van der Waals surface area contributed by atoms with Crippen molar-refractivity contribution in [1.29, 1.82) is 0 Å². The van der Waals surface area contributed by atoms with E-state index in [0.717, 1.165) is 13.0 Å². The fourth-order valence-electron chi connectivity index (χ4n) is 0.954. The fourth-order valence-corrected chi connectivity index (χ4v) is 0.954. The quantitative estimate of drug-likeness (QED) is 0.185. The molecule has 0 spiro atoms. The van der Waals surface area contributed by atoms with E-state index in [9.17, 15) is 0 Å². The minimum atomic E-state index is -0.0465. The topological polar surface area (TPSA) is 100 Å². The van der Waals surface area contributed by atoms with Crippen LogP contribution >= 0.6 is 0 Å². The van der Waals surface area contributed by atoms with Gasteiger partial charge < -0.3 is 0 Å². The molecule has 0 radical (unpaired) electrons. The molecule has 6 nitrogen and oxygen atoms in total. The van der Waals surface area contributed by atoms with Gasteiger partial charge in [0.2, 0.25) is 0 Å². The van der Waals surface area contributed by atoms with Crippen molar-refractivity contribution in [3.05, 3.63) is 0 Å². The summed E-state index contributed by atoms with van der Waals surface area (Å²) in [5, 5.41) is 6.16. The molecule has 0 aliphatic carbocycles. The van der Waals surface area contributed by atoms with Gasteiger partial charge in [-0.3, -0.25) is 22.3 Å². The standard InChI is InChI=1S/C4H14N6/c5-9-3-1-2-7-4(8-3)10-6/h3-4,7-10H,1-2,5-6H2. The summed E-state index contributed by atoms with van der Waals surface area (Å²) in [4.78, 5) is 0. The van der Waals surface area contributed by atoms with Crippen molar-refractivity contribution >= 4 is 0 Å². The fraction of sp³-hybridized carbons (Fsp3) is 1.00. The third kappa shape index (κ3) is 1.87. The molecule has 6 heteroatoms. The molecule has 2 atom stereocenters. The van der Waals surface area contributed by atoms with Crippen LogP contribution in [0.3, 0.4) is 0 Å². The van der Waals surface area contributed by atoms with Crippen molar-refractivity contribution < 1.29 is 0 Å². The summed E-state index contributed by atoms with van der Waals surface area (Å²) in [5.41, 5.74) is 5.17. The van der Waals surface area contributed by atoms with Crippen LogP contribution in [0.15, 0.2) is 0 Å². The summed E-state index contributed by atoms with van der Waals surface area (Å²) in [5.74, 6) is 10.4. The van der Waals surface area contributed by atoms with Gasteiger partial charge in [-0.1, -0.05) is 0 Å². The Morgan fingerprint density at radius 2 is 2.10 bits per heavy atom. The zero-order valence-corrected chi connectivity index (χ0v) is 5.72. The molecule has 1 heterocycles. The Morgan fingerprint density at radius 3 is 2.70 bits per heavy atom. The van der Waals surface area contributed by atoms with Crippen LogP contribution in [0.2, 0.25) is 0 Å². The Hall–Kier alpha value is -0.240. The van der Waals surface area contributed by atoms with Crippen LogP contribution in [0.5, 0.6) is 0 Å². The van der Waals surface area contributed by atoms with Crippen molar-refractivity contribution in [3.63, 3.8) is 0 Å². The molecule has 60 valence electrons. The summed E-state index contributed by atoms with van der Waals surface area (Å²) < 4.78 is 0. The minimum absolute atomic E-state index is 0.0465. The second-order valence-electron chi connectivity index (χ2n) is 2.23. The number of hydrogen-bond acceptors (Lipinski definition) is 6. The lowest BCUT2D eigenvalue weighted by molar-refractivity contribution is 0.235. The summed E-state index contributed by atoms with van der Waals surface area (Å²) in [6.07, 6.45) is 1.05. The maximum Gasteiger partial charge on any atom is 0.125 e. The van der Waals surface area contributed by atoms with Gasteiger partial charge in [0.1, 0.15) is 6.29 Å². The van der Waals surface area contributed by atoms with E-state index in [-0.39, 0.29) is 12.5 Å². The van der Waals surface area contributed by atoms with Gasteiger partial charge in [-0.2, -0.15) is 0 Å². The highest BCUT2D eigenvalue weighted by Crippen LogP contribution is 1.90. The van der Waals surface area contributed by atoms with Gasteiger partial charge in [-0.25, -0.2) is 10.9 Å². The molecule has 1 aliphatic heterocycles. The van der Waals surface area contributed by atoms with Crippen molar-refractivity contribution in [2.75, 3.05) is 6.54 Å². The molecule has 0 amide bonds. The van der Waals surface area contributed by atoms with Crippen LogP contribution in [0.25, 0.3) is 0 Å². The lowest BCUT2D eigenvalue weighted by Crippen LogP contribution is -2.66. The third-order valence-corrected chi connectivity index (χ3v) is 1.52. The number of hydrazine groups is 2. The average molecular weight is 146 g/mol. The second-order valence-corrected chi connectivity index (χ2v) is 2.23. The maximum absolute atomic E-state index is 5.21. The SMILES string of the molecule is NNC1CCNC(NN)N1. The molecule has 2 unspecified atom stereocenters. The van der Waals surface area contributed by atoms with Crippen LogP contribution in [-0.2, 0) is 0 Å². The molecule has 1 aliphatic rings. The van der Waals surface area contributed by atoms with E-state index in [1.165, 1.54) is 0 Å². The molecule has 10 heavy (non-hydrogen) atoms. The smallest absolute Gasteiger partial charge is 0.125 e. The van der Waals surface area contributed by atoms with Crippen LogP contribution < -0.4 is 33.2 Å². The van der Waals surface area contributed by atoms with Gasteiger partial charge in [-0.05, 0) is 6.42 Å². The predicted molar refractivity (Wildman–Crippen MR) is 38.0 cm³/mol. The zero-order valence-electron chi connectivity index (χ0n) is 5.72. The van der Waals surface area contributed by atoms with Crippen LogP contribution in [-0.4, -0.2) is 19.0 Å². The third-order valence-electron chi connectivity index (χ3n) is 1.52. The lowest BCUT2D eigenvalue weighted by atomic mass is 10.3. The van der Waals surface area contributed by atoms with Gasteiger partial charge in [0.15, 0.2) is 0 Å². The molecule has 0 saturated carbocycles. The molecular weight excluding hydrogens is 132 g/mol. The van der Waals surface area contributed by atoms with E-state index in [1.807, 2.05) is 0 Å². The average Bonchev–Trinajstić information content (AvgIpc) is 2.05. The highest BCUT2D eigenvalue weighted by Gasteiger charge is 2.16. The van der Waals surface area contributed by atoms with Crippen molar-refractivity contribution in [2.45, 2.75) is 18.9 Å². The maximum atomic E-state index is 5.21. The van der Waals surface area contributed by atoms with Gasteiger partial charge in [0.25, 0.3) is 0 Å². The van der Waals surface area contributed by atoms with E-state index >= 15 is 0 Å². The lowest BCUT2D eigenvalue weighted by Gasteiger charge is -2.30. The Balaban J connectivity index is 2.25. The largest absolute Gasteiger partial charge is 0.288 e. The van der Waals surface area contributed by atoms with Crippen LogP contribution in [0, 0.1) is 0 Å². The minimum Gasteiger partial charge on any atom is -0.288 e. The second kappa shape index (κ2) is 3.81. The normalized spacial score (nSPS) is 34.2. The molecule has 8 N–H and O–H groups in total. The molecule has 1 fully saturated rings. The van der Waals surface area contributed by atoms with E-state index in [2.05, 4.69) is 21.5 Å². The molecular formula is C4H14N6. The van der Waals surface area contributed by atoms with E-state index in [0.29, 0.717) is 0 Å². The highest BCUT2D eigenvalue weighted by atomic mass is 15.5. The van der Waals surface area contributed by atoms with Gasteiger partial charge >= 0.3 is 0 Å². The molecule has 0 aromatic rings. The van der Waals surface area contributed by atoms with E-state index in [4.69, 9.17) is 11.7 Å². The Kier molecular flexibility index (Phi) is 3.00. The van der Waals surface area contributed by atoms with Crippen LogP contribution in [0.4, 0.5) is 0 Å². The first kappa shape index (κ1) is 7.86. The van der Waals surface area contributed by atoms with Crippen molar-refractivity contribution in [3.8, 4) is 0 Å². The molecule has 1 rings (SSSR count). The molecule has 1 saturated heterocycles. The van der Waals surface area contributed by atoms with Crippen molar-refractivity contribution in [2.24, 2.45) is 11.7 Å². The monoisotopic (exact) mass is 146 g/mol. The zero-order chi connectivity index (χ0) is 7.40. The number of rotatable bonds is 2.